The Hall–Kier alpha value is -1.86. The lowest BCUT2D eigenvalue weighted by Gasteiger charge is -2.18. The van der Waals surface area contributed by atoms with Gasteiger partial charge in [0.25, 0.3) is 0 Å². The zero-order chi connectivity index (χ0) is 15.7. The van der Waals surface area contributed by atoms with Gasteiger partial charge < -0.3 is 14.7 Å². The fourth-order valence-electron chi connectivity index (χ4n) is 3.19. The van der Waals surface area contributed by atoms with E-state index in [1.54, 1.807) is 6.07 Å². The number of aliphatic hydroxyl groups is 2. The summed E-state index contributed by atoms with van der Waals surface area (Å²) in [4.78, 5) is 14.5. The molecule has 7 nitrogen and oxygen atoms in total. The molecule has 2 N–H and O–H groups in total. The first-order chi connectivity index (χ1) is 10.6. The number of aromatic nitrogens is 1. The molecular formula is C15H21N3O4. The number of nitrogens with zero attached hydrogens (tertiary/aromatic N) is 3. The summed E-state index contributed by atoms with van der Waals surface area (Å²) in [6.07, 6.45) is 4.52. The van der Waals surface area contributed by atoms with E-state index in [0.29, 0.717) is 5.92 Å². The largest absolute Gasteiger partial charge is 0.369 e. The predicted octanol–water partition coefficient (Wildman–Crippen LogP) is 1.79. The van der Waals surface area contributed by atoms with Crippen LogP contribution in [0.25, 0.3) is 0 Å². The van der Waals surface area contributed by atoms with E-state index in [2.05, 4.69) is 11.7 Å². The van der Waals surface area contributed by atoms with E-state index in [4.69, 9.17) is 4.52 Å². The number of aliphatic hydroxyl groups excluding tert-OH is 2. The lowest BCUT2D eigenvalue weighted by molar-refractivity contribution is -0.0242. The lowest BCUT2D eigenvalue weighted by atomic mass is 9.87. The van der Waals surface area contributed by atoms with E-state index in [0.717, 1.165) is 28.3 Å². The standard InChI is InChI=1S/C15H21N3O4/c1-2-8-17-13(19)14(20)18(15(17)21)12-9-11(16-22-12)10-6-4-3-5-7-10/h2,9-10,13-14,19-20H,1,3-8H2. The summed E-state index contributed by atoms with van der Waals surface area (Å²) in [5, 5.41) is 24.1. The van der Waals surface area contributed by atoms with Crippen LogP contribution in [0.3, 0.4) is 0 Å². The Morgan fingerprint density at radius 2 is 2.05 bits per heavy atom. The Balaban J connectivity index is 1.80. The topological polar surface area (TPSA) is 90.0 Å². The second kappa shape index (κ2) is 6.10. The molecule has 0 spiro atoms. The second-order valence-corrected chi connectivity index (χ2v) is 5.85. The molecule has 2 aliphatic rings. The van der Waals surface area contributed by atoms with Crippen molar-refractivity contribution in [1.82, 2.24) is 10.1 Å². The molecule has 120 valence electrons. The second-order valence-electron chi connectivity index (χ2n) is 5.85. The van der Waals surface area contributed by atoms with Crippen LogP contribution in [0.5, 0.6) is 0 Å². The van der Waals surface area contributed by atoms with Gasteiger partial charge in [0.05, 0.1) is 5.69 Å². The Kier molecular flexibility index (Phi) is 4.17. The van der Waals surface area contributed by atoms with Crippen molar-refractivity contribution in [3.05, 3.63) is 24.4 Å². The Labute approximate surface area is 128 Å². The zero-order valence-electron chi connectivity index (χ0n) is 12.4. The first-order valence-electron chi connectivity index (χ1n) is 7.67. The van der Waals surface area contributed by atoms with Crippen LogP contribution in [0, 0.1) is 0 Å². The van der Waals surface area contributed by atoms with Crippen molar-refractivity contribution in [2.45, 2.75) is 50.5 Å². The number of carbonyl (C=O) groups is 1. The van der Waals surface area contributed by atoms with Crippen molar-refractivity contribution in [3.63, 3.8) is 0 Å². The van der Waals surface area contributed by atoms with Gasteiger partial charge in [-0.25, -0.2) is 9.69 Å². The van der Waals surface area contributed by atoms with Crippen molar-refractivity contribution in [2.24, 2.45) is 0 Å². The summed E-state index contributed by atoms with van der Waals surface area (Å²) in [5.41, 5.74) is 0.811. The van der Waals surface area contributed by atoms with E-state index >= 15 is 0 Å². The lowest BCUT2D eigenvalue weighted by Crippen LogP contribution is -2.36. The maximum absolute atomic E-state index is 12.3. The fourth-order valence-corrected chi connectivity index (χ4v) is 3.19. The van der Waals surface area contributed by atoms with Gasteiger partial charge in [0.2, 0.25) is 5.88 Å². The Morgan fingerprint density at radius 3 is 2.73 bits per heavy atom. The molecule has 2 atom stereocenters. The number of carbonyl (C=O) groups excluding carboxylic acids is 1. The number of hydrogen-bond donors (Lipinski definition) is 2. The van der Waals surface area contributed by atoms with Crippen molar-refractivity contribution in [3.8, 4) is 0 Å². The number of rotatable bonds is 4. The molecule has 2 unspecified atom stereocenters. The van der Waals surface area contributed by atoms with Gasteiger partial charge in [-0.15, -0.1) is 6.58 Å². The van der Waals surface area contributed by atoms with E-state index in [9.17, 15) is 15.0 Å². The third kappa shape index (κ3) is 2.50. The minimum atomic E-state index is -1.38. The van der Waals surface area contributed by atoms with E-state index in [1.165, 1.54) is 25.3 Å². The minimum Gasteiger partial charge on any atom is -0.369 e. The summed E-state index contributed by atoms with van der Waals surface area (Å²) < 4.78 is 5.25. The smallest absolute Gasteiger partial charge is 0.331 e. The normalized spacial score (nSPS) is 26.7. The molecule has 1 saturated heterocycles. The average Bonchev–Trinajstić information content (AvgIpc) is 3.09. The van der Waals surface area contributed by atoms with Crippen LogP contribution in [-0.2, 0) is 0 Å². The highest BCUT2D eigenvalue weighted by atomic mass is 16.5. The van der Waals surface area contributed by atoms with E-state index in [1.807, 2.05) is 0 Å². The number of anilines is 1. The zero-order valence-corrected chi connectivity index (χ0v) is 12.4. The van der Waals surface area contributed by atoms with Crippen molar-refractivity contribution >= 4 is 11.9 Å². The monoisotopic (exact) mass is 307 g/mol. The molecule has 1 aromatic rings. The molecule has 3 rings (SSSR count). The SMILES string of the molecule is C=CCN1C(=O)N(c2cc(C3CCCCC3)no2)C(O)C1O. The maximum atomic E-state index is 12.3. The van der Waals surface area contributed by atoms with Gasteiger partial charge in [-0.05, 0) is 12.8 Å². The van der Waals surface area contributed by atoms with Gasteiger partial charge in [0.1, 0.15) is 0 Å². The van der Waals surface area contributed by atoms with Crippen molar-refractivity contribution in [1.29, 1.82) is 0 Å². The molecule has 2 amide bonds. The average molecular weight is 307 g/mol. The van der Waals surface area contributed by atoms with Crippen molar-refractivity contribution < 1.29 is 19.5 Å². The first kappa shape index (κ1) is 15.1. The molecular weight excluding hydrogens is 286 g/mol. The molecule has 1 saturated carbocycles. The molecule has 1 aliphatic heterocycles. The molecule has 0 aromatic carbocycles. The third-order valence-electron chi connectivity index (χ3n) is 4.40. The van der Waals surface area contributed by atoms with Gasteiger partial charge in [-0.2, -0.15) is 0 Å². The Morgan fingerprint density at radius 1 is 1.32 bits per heavy atom. The van der Waals surface area contributed by atoms with E-state index < -0.39 is 18.5 Å². The third-order valence-corrected chi connectivity index (χ3v) is 4.40. The highest BCUT2D eigenvalue weighted by Gasteiger charge is 2.46. The van der Waals surface area contributed by atoms with Crippen LogP contribution in [0.4, 0.5) is 10.7 Å². The van der Waals surface area contributed by atoms with Gasteiger partial charge >= 0.3 is 6.03 Å². The maximum Gasteiger partial charge on any atom is 0.331 e. The number of hydrogen-bond acceptors (Lipinski definition) is 5. The van der Waals surface area contributed by atoms with Crippen LogP contribution in [-0.4, -0.2) is 45.3 Å². The van der Waals surface area contributed by atoms with Crippen LogP contribution >= 0.6 is 0 Å². The number of amides is 2. The summed E-state index contributed by atoms with van der Waals surface area (Å²) in [6.45, 7) is 3.69. The molecule has 0 radical (unpaired) electrons. The van der Waals surface area contributed by atoms with Gasteiger partial charge in [0, 0.05) is 18.5 Å². The molecule has 1 aromatic heterocycles. The van der Waals surface area contributed by atoms with Gasteiger partial charge in [0.15, 0.2) is 12.5 Å². The molecule has 1 aliphatic carbocycles. The molecule has 2 heterocycles. The predicted molar refractivity (Wildman–Crippen MR) is 79.1 cm³/mol. The van der Waals surface area contributed by atoms with Gasteiger partial charge in [-0.1, -0.05) is 30.5 Å². The minimum absolute atomic E-state index is 0.150. The van der Waals surface area contributed by atoms with Crippen LogP contribution in [0.15, 0.2) is 23.2 Å². The summed E-state index contributed by atoms with van der Waals surface area (Å²) in [7, 11) is 0. The highest BCUT2D eigenvalue weighted by molar-refractivity contribution is 5.93. The first-order valence-corrected chi connectivity index (χ1v) is 7.67. The quantitative estimate of drug-likeness (QED) is 0.828. The molecule has 22 heavy (non-hydrogen) atoms. The van der Waals surface area contributed by atoms with Crippen molar-refractivity contribution in [2.75, 3.05) is 11.4 Å². The molecule has 0 bridgehead atoms. The summed E-state index contributed by atoms with van der Waals surface area (Å²) in [5.74, 6) is 0.513. The van der Waals surface area contributed by atoms with E-state index in [-0.39, 0.29) is 12.4 Å². The molecule has 7 heteroatoms. The molecule has 2 fully saturated rings. The Bertz CT molecular complexity index is 553. The summed E-state index contributed by atoms with van der Waals surface area (Å²) in [6, 6.07) is 1.17. The highest BCUT2D eigenvalue weighted by Crippen LogP contribution is 2.35. The van der Waals surface area contributed by atoms with Crippen LogP contribution in [0.2, 0.25) is 0 Å². The van der Waals surface area contributed by atoms with Crippen LogP contribution < -0.4 is 4.90 Å². The number of urea groups is 1. The fraction of sp³-hybridized carbons (Fsp3) is 0.600. The van der Waals surface area contributed by atoms with Crippen LogP contribution in [0.1, 0.15) is 43.7 Å². The van der Waals surface area contributed by atoms with Gasteiger partial charge in [-0.3, -0.25) is 4.90 Å². The summed E-state index contributed by atoms with van der Waals surface area (Å²) >= 11 is 0.